The highest BCUT2D eigenvalue weighted by Gasteiger charge is 2.15. The number of hydrogen-bond donors (Lipinski definition) is 3. The summed E-state index contributed by atoms with van der Waals surface area (Å²) < 4.78 is 0. The molecule has 1 unspecified atom stereocenters. The number of phenolic OH excluding ortho intramolecular Hbond substituents is 1. The van der Waals surface area contributed by atoms with Crippen molar-refractivity contribution in [2.24, 2.45) is 17.6 Å². The topological polar surface area (TPSA) is 75.4 Å². The Bertz CT molecular complexity index is 455. The predicted molar refractivity (Wildman–Crippen MR) is 83.4 cm³/mol. The molecule has 0 aromatic heterocycles. The summed E-state index contributed by atoms with van der Waals surface area (Å²) in [6.45, 7) is 4.67. The number of amides is 1. The number of anilines is 1. The molecule has 0 saturated heterocycles. The van der Waals surface area contributed by atoms with Crippen LogP contribution in [0.5, 0.6) is 5.75 Å². The van der Waals surface area contributed by atoms with Crippen molar-refractivity contribution in [3.05, 3.63) is 22.2 Å². The average molecular weight is 319 g/mol. The number of nitrogens with two attached hydrogens (primary N) is 1. The van der Waals surface area contributed by atoms with E-state index in [4.69, 9.17) is 28.9 Å². The standard InChI is InChI=1S/C14H20Cl2N2O2/c1-8(2)3-9(7-17)4-13(19)18-10-5-11(15)14(20)12(16)6-10/h5-6,8-9,20H,3-4,7,17H2,1-2H3,(H,18,19). The molecule has 4 nitrogen and oxygen atoms in total. The third kappa shape index (κ3) is 5.19. The minimum absolute atomic E-state index is 0.102. The molecule has 20 heavy (non-hydrogen) atoms. The van der Waals surface area contributed by atoms with Gasteiger partial charge in [0, 0.05) is 12.1 Å². The molecular formula is C14H20Cl2N2O2. The molecule has 1 rings (SSSR count). The van der Waals surface area contributed by atoms with Gasteiger partial charge in [-0.15, -0.1) is 0 Å². The van der Waals surface area contributed by atoms with Gasteiger partial charge in [-0.05, 0) is 36.9 Å². The van der Waals surface area contributed by atoms with Gasteiger partial charge in [0.2, 0.25) is 5.91 Å². The fraction of sp³-hybridized carbons (Fsp3) is 0.500. The first-order chi connectivity index (χ1) is 9.33. The monoisotopic (exact) mass is 318 g/mol. The lowest BCUT2D eigenvalue weighted by Crippen LogP contribution is -2.23. The highest BCUT2D eigenvalue weighted by Crippen LogP contribution is 2.34. The first kappa shape index (κ1) is 17.1. The Kier molecular flexibility index (Phi) is 6.59. The third-order valence-corrected chi connectivity index (χ3v) is 3.49. The zero-order valence-corrected chi connectivity index (χ0v) is 13.1. The molecule has 0 radical (unpaired) electrons. The van der Waals surface area contributed by atoms with Gasteiger partial charge in [-0.1, -0.05) is 37.0 Å². The molecule has 4 N–H and O–H groups in total. The summed E-state index contributed by atoms with van der Waals surface area (Å²) in [5.74, 6) is 0.317. The molecule has 0 aliphatic heterocycles. The Morgan fingerprint density at radius 1 is 1.35 bits per heavy atom. The summed E-state index contributed by atoms with van der Waals surface area (Å²) in [4.78, 5) is 12.0. The van der Waals surface area contributed by atoms with Gasteiger partial charge in [0.25, 0.3) is 0 Å². The number of benzene rings is 1. The van der Waals surface area contributed by atoms with Crippen LogP contribution in [0.15, 0.2) is 12.1 Å². The second kappa shape index (κ2) is 7.72. The van der Waals surface area contributed by atoms with Gasteiger partial charge in [0.05, 0.1) is 10.0 Å². The molecule has 0 spiro atoms. The van der Waals surface area contributed by atoms with Crippen LogP contribution in [0.25, 0.3) is 0 Å². The van der Waals surface area contributed by atoms with Crippen molar-refractivity contribution < 1.29 is 9.90 Å². The smallest absolute Gasteiger partial charge is 0.224 e. The number of hydrogen-bond acceptors (Lipinski definition) is 3. The first-order valence-corrected chi connectivity index (χ1v) is 7.27. The maximum Gasteiger partial charge on any atom is 0.224 e. The lowest BCUT2D eigenvalue weighted by molar-refractivity contribution is -0.117. The van der Waals surface area contributed by atoms with Crippen LogP contribution in [0.4, 0.5) is 5.69 Å². The van der Waals surface area contributed by atoms with Gasteiger partial charge in [-0.25, -0.2) is 0 Å². The molecule has 112 valence electrons. The van der Waals surface area contributed by atoms with Crippen molar-refractivity contribution in [2.45, 2.75) is 26.7 Å². The van der Waals surface area contributed by atoms with Gasteiger partial charge in [-0.2, -0.15) is 0 Å². The van der Waals surface area contributed by atoms with E-state index in [9.17, 15) is 9.90 Å². The van der Waals surface area contributed by atoms with Crippen LogP contribution in [0.1, 0.15) is 26.7 Å². The SMILES string of the molecule is CC(C)CC(CN)CC(=O)Nc1cc(Cl)c(O)c(Cl)c1. The van der Waals surface area contributed by atoms with Crippen molar-refractivity contribution in [1.29, 1.82) is 0 Å². The lowest BCUT2D eigenvalue weighted by atomic mass is 9.94. The highest BCUT2D eigenvalue weighted by molar-refractivity contribution is 6.37. The Morgan fingerprint density at radius 3 is 2.35 bits per heavy atom. The molecular weight excluding hydrogens is 299 g/mol. The normalized spacial score (nSPS) is 12.5. The van der Waals surface area contributed by atoms with Crippen LogP contribution in [0, 0.1) is 11.8 Å². The summed E-state index contributed by atoms with van der Waals surface area (Å²) in [5, 5.41) is 12.4. The molecule has 0 aliphatic rings. The molecule has 6 heteroatoms. The Balaban J connectivity index is 2.66. The number of phenols is 1. The minimum Gasteiger partial charge on any atom is -0.505 e. The van der Waals surface area contributed by atoms with Crippen molar-refractivity contribution in [3.63, 3.8) is 0 Å². The van der Waals surface area contributed by atoms with Crippen LogP contribution < -0.4 is 11.1 Å². The number of carbonyl (C=O) groups is 1. The van der Waals surface area contributed by atoms with Crippen LogP contribution >= 0.6 is 23.2 Å². The molecule has 1 atom stereocenters. The van der Waals surface area contributed by atoms with Gasteiger partial charge in [-0.3, -0.25) is 4.79 Å². The summed E-state index contributed by atoms with van der Waals surface area (Å²) in [5.41, 5.74) is 6.14. The van der Waals surface area contributed by atoms with E-state index in [2.05, 4.69) is 19.2 Å². The summed E-state index contributed by atoms with van der Waals surface area (Å²) in [6.07, 6.45) is 1.26. The molecule has 0 saturated carbocycles. The minimum atomic E-state index is -0.189. The van der Waals surface area contributed by atoms with E-state index in [1.165, 1.54) is 12.1 Å². The molecule has 1 aromatic carbocycles. The summed E-state index contributed by atoms with van der Waals surface area (Å²) >= 11 is 11.6. The van der Waals surface area contributed by atoms with E-state index < -0.39 is 0 Å². The molecule has 1 amide bonds. The predicted octanol–water partition coefficient (Wildman–Crippen LogP) is 3.65. The van der Waals surface area contributed by atoms with E-state index in [0.29, 0.717) is 24.6 Å². The fourth-order valence-corrected chi connectivity index (χ4v) is 2.53. The van der Waals surface area contributed by atoms with Gasteiger partial charge < -0.3 is 16.2 Å². The number of nitrogens with one attached hydrogen (secondary N) is 1. The molecule has 0 bridgehead atoms. The summed E-state index contributed by atoms with van der Waals surface area (Å²) in [7, 11) is 0. The zero-order chi connectivity index (χ0) is 15.3. The Morgan fingerprint density at radius 2 is 1.90 bits per heavy atom. The lowest BCUT2D eigenvalue weighted by Gasteiger charge is -2.16. The van der Waals surface area contributed by atoms with E-state index in [0.717, 1.165) is 6.42 Å². The Labute approximate surface area is 129 Å². The molecule has 0 aliphatic carbocycles. The van der Waals surface area contributed by atoms with Gasteiger partial charge in [0.15, 0.2) is 5.75 Å². The van der Waals surface area contributed by atoms with E-state index in [1.54, 1.807) is 0 Å². The summed E-state index contributed by atoms with van der Waals surface area (Å²) in [6, 6.07) is 2.92. The Hall–Kier alpha value is -0.970. The van der Waals surface area contributed by atoms with Crippen molar-refractivity contribution in [3.8, 4) is 5.75 Å². The van der Waals surface area contributed by atoms with Crippen molar-refractivity contribution >= 4 is 34.8 Å². The van der Waals surface area contributed by atoms with Crippen LogP contribution in [-0.2, 0) is 4.79 Å². The van der Waals surface area contributed by atoms with Crippen molar-refractivity contribution in [2.75, 3.05) is 11.9 Å². The average Bonchev–Trinajstić information content (AvgIpc) is 2.34. The van der Waals surface area contributed by atoms with Crippen LogP contribution in [0.2, 0.25) is 10.0 Å². The van der Waals surface area contributed by atoms with Gasteiger partial charge in [0.1, 0.15) is 0 Å². The number of rotatable bonds is 6. The van der Waals surface area contributed by atoms with Gasteiger partial charge >= 0.3 is 0 Å². The third-order valence-electron chi connectivity index (χ3n) is 2.91. The molecule has 0 fully saturated rings. The van der Waals surface area contributed by atoms with Crippen molar-refractivity contribution in [1.82, 2.24) is 0 Å². The number of carbonyl (C=O) groups excluding carboxylic acids is 1. The largest absolute Gasteiger partial charge is 0.505 e. The van der Waals surface area contributed by atoms with E-state index >= 15 is 0 Å². The maximum atomic E-state index is 12.0. The number of aromatic hydroxyl groups is 1. The maximum absolute atomic E-state index is 12.0. The second-order valence-electron chi connectivity index (χ2n) is 5.27. The molecule has 0 heterocycles. The number of halogens is 2. The van der Waals surface area contributed by atoms with E-state index in [1.807, 2.05) is 0 Å². The first-order valence-electron chi connectivity index (χ1n) is 6.51. The quantitative estimate of drug-likeness (QED) is 0.701. The highest BCUT2D eigenvalue weighted by atomic mass is 35.5. The zero-order valence-electron chi connectivity index (χ0n) is 11.6. The fourth-order valence-electron chi connectivity index (χ4n) is 2.04. The van der Waals surface area contributed by atoms with Crippen LogP contribution in [-0.4, -0.2) is 17.6 Å². The van der Waals surface area contributed by atoms with E-state index in [-0.39, 0.29) is 27.6 Å². The van der Waals surface area contributed by atoms with Crippen LogP contribution in [0.3, 0.4) is 0 Å². The second-order valence-corrected chi connectivity index (χ2v) is 6.09. The molecule has 1 aromatic rings.